The number of hydrogen-bond donors (Lipinski definition) is 0. The lowest BCUT2D eigenvalue weighted by atomic mass is 9.84. The third kappa shape index (κ3) is 5.68. The maximum atomic E-state index is 15.4. The highest BCUT2D eigenvalue weighted by atomic mass is 19.1. The van der Waals surface area contributed by atoms with Crippen LogP contribution in [0.25, 0.3) is 0 Å². The van der Waals surface area contributed by atoms with E-state index in [-0.39, 0.29) is 46.4 Å². The molecule has 1 saturated carbocycles. The summed E-state index contributed by atoms with van der Waals surface area (Å²) >= 11 is 0. The first kappa shape index (κ1) is 24.8. The molecule has 1 aliphatic carbocycles. The molecule has 35 heavy (non-hydrogen) atoms. The predicted molar refractivity (Wildman–Crippen MR) is 125 cm³/mol. The number of benzene rings is 1. The van der Waals surface area contributed by atoms with Crippen molar-refractivity contribution in [2.24, 2.45) is 21.8 Å². The summed E-state index contributed by atoms with van der Waals surface area (Å²) < 4.78 is 47.0. The standard InChI is InChI=1S/C25H28F2N4O4/c1-4-29-23(21(27)15(2)30-20-6-5-16(10-28)9-19(20)26)34-22-17-11-31(12-18(22)14-33-13-17)24(32)35-25(3)7-8-25/h4-6,9,17-18,21-22H,1,7-8,11-14H2,2-3H3. The van der Waals surface area contributed by atoms with Crippen molar-refractivity contribution in [2.45, 2.75) is 44.6 Å². The Kier molecular flexibility index (Phi) is 7.17. The molecule has 1 aromatic carbocycles. The second-order valence-electron chi connectivity index (χ2n) is 9.41. The number of nitrogens with zero attached hydrogens (tertiary/aromatic N) is 4. The van der Waals surface area contributed by atoms with Gasteiger partial charge in [0.15, 0.2) is 0 Å². The summed E-state index contributed by atoms with van der Waals surface area (Å²) in [6.07, 6.45) is 0.271. The lowest BCUT2D eigenvalue weighted by Gasteiger charge is -2.46. The minimum absolute atomic E-state index is 0.0608. The summed E-state index contributed by atoms with van der Waals surface area (Å²) in [7, 11) is 0. The Bertz CT molecular complexity index is 1080. The molecule has 4 rings (SSSR count). The zero-order chi connectivity index (χ0) is 25.2. The SMILES string of the molecule is C=CN=C(OC1C2COCC1CN(C(=O)OC1(C)CC1)C2)C(F)C(C)=Nc1ccc(C#N)cc1F. The maximum Gasteiger partial charge on any atom is 0.410 e. The number of alkyl halides is 1. The predicted octanol–water partition coefficient (Wildman–Crippen LogP) is 4.32. The highest BCUT2D eigenvalue weighted by molar-refractivity contribution is 6.07. The first-order valence-electron chi connectivity index (χ1n) is 11.5. The molecule has 2 heterocycles. The number of piperidine rings is 1. The summed E-state index contributed by atoms with van der Waals surface area (Å²) in [5.41, 5.74) is -0.381. The van der Waals surface area contributed by atoms with Crippen LogP contribution < -0.4 is 0 Å². The van der Waals surface area contributed by atoms with Crippen LogP contribution in [0.15, 0.2) is 41.0 Å². The van der Waals surface area contributed by atoms with Crippen LogP contribution in [0.2, 0.25) is 0 Å². The fraction of sp³-hybridized carbons (Fsp3) is 0.520. The van der Waals surface area contributed by atoms with Crippen LogP contribution >= 0.6 is 0 Å². The Morgan fingerprint density at radius 1 is 1.37 bits per heavy atom. The fourth-order valence-electron chi connectivity index (χ4n) is 4.27. The Morgan fingerprint density at radius 3 is 2.63 bits per heavy atom. The topological polar surface area (TPSA) is 96.5 Å². The lowest BCUT2D eigenvalue weighted by Crippen LogP contribution is -2.58. The van der Waals surface area contributed by atoms with Gasteiger partial charge in [-0.3, -0.25) is 4.99 Å². The van der Waals surface area contributed by atoms with Gasteiger partial charge in [-0.2, -0.15) is 5.26 Å². The van der Waals surface area contributed by atoms with E-state index in [1.54, 1.807) is 4.90 Å². The number of carbonyl (C=O) groups is 1. The van der Waals surface area contributed by atoms with Crippen molar-refractivity contribution >= 4 is 23.4 Å². The summed E-state index contributed by atoms with van der Waals surface area (Å²) in [5.74, 6) is -1.36. The van der Waals surface area contributed by atoms with Crippen molar-refractivity contribution in [1.29, 1.82) is 5.26 Å². The first-order valence-corrected chi connectivity index (χ1v) is 11.5. The third-order valence-electron chi connectivity index (χ3n) is 6.48. The average molecular weight is 487 g/mol. The molecular weight excluding hydrogens is 458 g/mol. The van der Waals surface area contributed by atoms with Gasteiger partial charge in [0.2, 0.25) is 12.1 Å². The van der Waals surface area contributed by atoms with Crippen molar-refractivity contribution in [2.75, 3.05) is 26.3 Å². The highest BCUT2D eigenvalue weighted by Gasteiger charge is 2.47. The number of amides is 1. The maximum absolute atomic E-state index is 15.4. The number of fused-ring (bicyclic) bond motifs is 2. The molecule has 2 bridgehead atoms. The Labute approximate surface area is 202 Å². The molecule has 3 atom stereocenters. The number of ether oxygens (including phenoxy) is 3. The van der Waals surface area contributed by atoms with Crippen molar-refractivity contribution in [3.05, 3.63) is 42.4 Å². The molecule has 3 unspecified atom stereocenters. The van der Waals surface area contributed by atoms with Gasteiger partial charge in [0.05, 0.1) is 36.2 Å². The van der Waals surface area contributed by atoms with E-state index in [1.807, 2.05) is 13.0 Å². The van der Waals surface area contributed by atoms with Crippen LogP contribution in [-0.2, 0) is 14.2 Å². The number of likely N-dealkylation sites (tertiary alicyclic amines) is 1. The lowest BCUT2D eigenvalue weighted by molar-refractivity contribution is -0.116. The monoisotopic (exact) mass is 486 g/mol. The van der Waals surface area contributed by atoms with Crippen LogP contribution in [0.1, 0.15) is 32.3 Å². The van der Waals surface area contributed by atoms with E-state index in [0.29, 0.717) is 26.3 Å². The number of hydrogen-bond acceptors (Lipinski definition) is 7. The van der Waals surface area contributed by atoms with Crippen molar-refractivity contribution in [1.82, 2.24) is 4.90 Å². The van der Waals surface area contributed by atoms with Crippen molar-refractivity contribution in [3.63, 3.8) is 0 Å². The van der Waals surface area contributed by atoms with E-state index in [1.165, 1.54) is 25.3 Å². The summed E-state index contributed by atoms with van der Waals surface area (Å²) in [5, 5.41) is 8.89. The van der Waals surface area contributed by atoms with Gasteiger partial charge in [-0.05, 0) is 44.9 Å². The molecular formula is C25H28F2N4O4. The largest absolute Gasteiger partial charge is 0.474 e. The number of carbonyl (C=O) groups excluding carboxylic acids is 1. The van der Waals surface area contributed by atoms with Crippen LogP contribution in [0, 0.1) is 29.0 Å². The fourth-order valence-corrected chi connectivity index (χ4v) is 4.27. The van der Waals surface area contributed by atoms with E-state index in [4.69, 9.17) is 19.5 Å². The highest BCUT2D eigenvalue weighted by Crippen LogP contribution is 2.40. The molecule has 0 aromatic heterocycles. The van der Waals surface area contributed by atoms with Gasteiger partial charge < -0.3 is 19.1 Å². The normalized spacial score (nSPS) is 26.4. The molecule has 0 radical (unpaired) electrons. The van der Waals surface area contributed by atoms with Gasteiger partial charge in [-0.1, -0.05) is 6.58 Å². The first-order chi connectivity index (χ1) is 16.7. The molecule has 3 aliphatic rings. The molecule has 2 aliphatic heterocycles. The summed E-state index contributed by atoms with van der Waals surface area (Å²) in [6, 6.07) is 5.60. The summed E-state index contributed by atoms with van der Waals surface area (Å²) in [6.45, 7) is 8.28. The Hall–Kier alpha value is -3.32. The van der Waals surface area contributed by atoms with Crippen LogP contribution in [0.3, 0.4) is 0 Å². The minimum atomic E-state index is -1.84. The molecule has 0 N–H and O–H groups in total. The summed E-state index contributed by atoms with van der Waals surface area (Å²) in [4.78, 5) is 22.3. The molecule has 3 fully saturated rings. The zero-order valence-corrected chi connectivity index (χ0v) is 19.7. The van der Waals surface area contributed by atoms with Crippen molar-refractivity contribution < 1.29 is 27.8 Å². The zero-order valence-electron chi connectivity index (χ0n) is 19.7. The van der Waals surface area contributed by atoms with Crippen LogP contribution in [-0.4, -0.2) is 66.8 Å². The molecule has 0 spiro atoms. The van der Waals surface area contributed by atoms with Gasteiger partial charge in [0.1, 0.15) is 17.5 Å². The molecule has 10 heteroatoms. The third-order valence-corrected chi connectivity index (χ3v) is 6.48. The van der Waals surface area contributed by atoms with Gasteiger partial charge >= 0.3 is 6.09 Å². The number of nitriles is 1. The number of aliphatic imine (C=N–C) groups is 2. The van der Waals surface area contributed by atoms with Crippen LogP contribution in [0.4, 0.5) is 19.3 Å². The second-order valence-corrected chi connectivity index (χ2v) is 9.41. The number of halogens is 2. The second kappa shape index (κ2) is 10.1. The molecule has 186 valence electrons. The molecule has 8 nitrogen and oxygen atoms in total. The van der Waals surface area contributed by atoms with Gasteiger partial charge in [0, 0.05) is 31.1 Å². The van der Waals surface area contributed by atoms with E-state index >= 15 is 4.39 Å². The van der Waals surface area contributed by atoms with Crippen molar-refractivity contribution in [3.8, 4) is 6.07 Å². The van der Waals surface area contributed by atoms with E-state index in [9.17, 15) is 9.18 Å². The van der Waals surface area contributed by atoms with Gasteiger partial charge in [0.25, 0.3) is 0 Å². The quantitative estimate of drug-likeness (QED) is 0.441. The van der Waals surface area contributed by atoms with Crippen LogP contribution in [0.5, 0.6) is 0 Å². The van der Waals surface area contributed by atoms with Gasteiger partial charge in [-0.25, -0.2) is 18.6 Å². The van der Waals surface area contributed by atoms with E-state index < -0.39 is 18.1 Å². The molecule has 2 saturated heterocycles. The van der Waals surface area contributed by atoms with E-state index in [0.717, 1.165) is 18.9 Å². The Balaban J connectivity index is 1.47. The Morgan fingerprint density at radius 2 is 2.06 bits per heavy atom. The van der Waals surface area contributed by atoms with Gasteiger partial charge in [-0.15, -0.1) is 0 Å². The molecule has 1 amide bonds. The van der Waals surface area contributed by atoms with E-state index in [2.05, 4.69) is 16.6 Å². The smallest absolute Gasteiger partial charge is 0.410 e. The number of rotatable bonds is 6. The average Bonchev–Trinajstić information content (AvgIpc) is 3.55. The molecule has 1 aromatic rings. The minimum Gasteiger partial charge on any atom is -0.474 e.